The van der Waals surface area contributed by atoms with Crippen LogP contribution in [-0.4, -0.2) is 65.8 Å². The average molecular weight is 465 g/mol. The first-order valence-electron chi connectivity index (χ1n) is 10.2. The number of carbonyl (C=O) groups excluding carboxylic acids is 1. The Labute approximate surface area is 186 Å². The first-order chi connectivity index (χ1) is 15.8. The summed E-state index contributed by atoms with van der Waals surface area (Å²) in [5.41, 5.74) is -0.0669. The topological polar surface area (TPSA) is 102 Å². The number of aromatic amines is 1. The van der Waals surface area contributed by atoms with Crippen molar-refractivity contribution in [1.29, 1.82) is 0 Å². The summed E-state index contributed by atoms with van der Waals surface area (Å²) in [6, 6.07) is 4.83. The van der Waals surface area contributed by atoms with Crippen LogP contribution in [0.2, 0.25) is 0 Å². The minimum Gasteiger partial charge on any atom is -0.495 e. The number of anilines is 2. The van der Waals surface area contributed by atoms with E-state index in [1.54, 1.807) is 30.0 Å². The SMILES string of the molecule is CCOc1nc(Nc2ccc(C(=O)N3CCOCC3)cc2OC)nc2[nH]cc(C(F)(F)F)c12. The lowest BCUT2D eigenvalue weighted by molar-refractivity contribution is -0.136. The Morgan fingerprint density at radius 2 is 2.03 bits per heavy atom. The molecule has 0 atom stereocenters. The van der Waals surface area contributed by atoms with Crippen LogP contribution in [0.3, 0.4) is 0 Å². The van der Waals surface area contributed by atoms with Gasteiger partial charge in [0.15, 0.2) is 0 Å². The molecule has 0 saturated carbocycles. The third-order valence-corrected chi connectivity index (χ3v) is 5.08. The third kappa shape index (κ3) is 4.65. The Balaban J connectivity index is 1.65. The number of rotatable bonds is 6. The van der Waals surface area contributed by atoms with Crippen LogP contribution < -0.4 is 14.8 Å². The fraction of sp³-hybridized carbons (Fsp3) is 0.381. The number of morpholine rings is 1. The number of halogens is 3. The van der Waals surface area contributed by atoms with Gasteiger partial charge in [0.1, 0.15) is 11.4 Å². The molecule has 33 heavy (non-hydrogen) atoms. The van der Waals surface area contributed by atoms with Gasteiger partial charge in [0.05, 0.1) is 43.6 Å². The van der Waals surface area contributed by atoms with Crippen molar-refractivity contribution in [2.24, 2.45) is 0 Å². The van der Waals surface area contributed by atoms with Crippen molar-refractivity contribution in [3.8, 4) is 11.6 Å². The van der Waals surface area contributed by atoms with Gasteiger partial charge in [0.2, 0.25) is 11.8 Å². The second kappa shape index (κ2) is 9.14. The molecule has 1 aliphatic rings. The predicted molar refractivity (Wildman–Crippen MR) is 113 cm³/mol. The molecule has 0 radical (unpaired) electrons. The minimum absolute atomic E-state index is 0.00656. The number of nitrogens with one attached hydrogen (secondary N) is 2. The maximum atomic E-state index is 13.4. The maximum absolute atomic E-state index is 13.4. The van der Waals surface area contributed by atoms with Crippen LogP contribution in [0.25, 0.3) is 11.0 Å². The van der Waals surface area contributed by atoms with Crippen LogP contribution in [-0.2, 0) is 10.9 Å². The number of methoxy groups -OCH3 is 1. The summed E-state index contributed by atoms with van der Waals surface area (Å²) in [7, 11) is 1.44. The Hall–Kier alpha value is -3.54. The quantitative estimate of drug-likeness (QED) is 0.574. The summed E-state index contributed by atoms with van der Waals surface area (Å²) in [4.78, 5) is 25.2. The predicted octanol–water partition coefficient (Wildman–Crippen LogP) is 3.60. The van der Waals surface area contributed by atoms with Crippen molar-refractivity contribution in [2.45, 2.75) is 13.1 Å². The van der Waals surface area contributed by atoms with Gasteiger partial charge in [-0.05, 0) is 25.1 Å². The van der Waals surface area contributed by atoms with Crippen molar-refractivity contribution in [3.63, 3.8) is 0 Å². The number of hydrogen-bond donors (Lipinski definition) is 2. The van der Waals surface area contributed by atoms with Gasteiger partial charge >= 0.3 is 6.18 Å². The van der Waals surface area contributed by atoms with Crippen LogP contribution in [0, 0.1) is 0 Å². The van der Waals surface area contributed by atoms with Gasteiger partial charge in [-0.2, -0.15) is 23.1 Å². The van der Waals surface area contributed by atoms with E-state index in [-0.39, 0.29) is 35.4 Å². The number of H-pyrrole nitrogens is 1. The van der Waals surface area contributed by atoms with Crippen molar-refractivity contribution >= 4 is 28.6 Å². The Morgan fingerprint density at radius 3 is 2.70 bits per heavy atom. The van der Waals surface area contributed by atoms with Crippen molar-refractivity contribution in [2.75, 3.05) is 45.3 Å². The zero-order valence-corrected chi connectivity index (χ0v) is 18.0. The van der Waals surface area contributed by atoms with E-state index in [4.69, 9.17) is 14.2 Å². The molecular formula is C21H22F3N5O4. The van der Waals surface area contributed by atoms with E-state index in [2.05, 4.69) is 20.3 Å². The maximum Gasteiger partial charge on any atom is 0.418 e. The molecule has 1 amide bonds. The highest BCUT2D eigenvalue weighted by Crippen LogP contribution is 2.39. The van der Waals surface area contributed by atoms with Crippen LogP contribution in [0.4, 0.5) is 24.8 Å². The lowest BCUT2D eigenvalue weighted by atomic mass is 10.1. The first-order valence-corrected chi connectivity index (χ1v) is 10.2. The highest BCUT2D eigenvalue weighted by Gasteiger charge is 2.36. The zero-order chi connectivity index (χ0) is 23.6. The van der Waals surface area contributed by atoms with Crippen molar-refractivity contribution < 1.29 is 32.2 Å². The molecule has 1 saturated heterocycles. The van der Waals surface area contributed by atoms with Crippen LogP contribution in [0.5, 0.6) is 11.6 Å². The van der Waals surface area contributed by atoms with E-state index in [0.717, 1.165) is 6.20 Å². The fourth-order valence-corrected chi connectivity index (χ4v) is 3.52. The van der Waals surface area contributed by atoms with E-state index >= 15 is 0 Å². The van der Waals surface area contributed by atoms with Gasteiger partial charge in [-0.15, -0.1) is 0 Å². The molecule has 0 unspecified atom stereocenters. The van der Waals surface area contributed by atoms with Gasteiger partial charge in [0.25, 0.3) is 5.91 Å². The summed E-state index contributed by atoms with van der Waals surface area (Å²) >= 11 is 0. The number of ether oxygens (including phenoxy) is 3. The Bertz CT molecular complexity index is 1160. The molecule has 9 nitrogen and oxygen atoms in total. The monoisotopic (exact) mass is 465 g/mol. The molecule has 4 rings (SSSR count). The number of hydrogen-bond acceptors (Lipinski definition) is 7. The number of fused-ring (bicyclic) bond motifs is 1. The molecule has 1 fully saturated rings. The van der Waals surface area contributed by atoms with Crippen LogP contribution in [0.1, 0.15) is 22.8 Å². The van der Waals surface area contributed by atoms with Gasteiger partial charge in [0, 0.05) is 24.8 Å². The molecule has 0 aliphatic carbocycles. The molecule has 3 aromatic rings. The zero-order valence-electron chi connectivity index (χ0n) is 18.0. The molecule has 2 aromatic heterocycles. The summed E-state index contributed by atoms with van der Waals surface area (Å²) in [5.74, 6) is 0.00693. The number of nitrogens with zero attached hydrogens (tertiary/aromatic N) is 3. The number of amides is 1. The second-order valence-corrected chi connectivity index (χ2v) is 7.15. The lowest BCUT2D eigenvalue weighted by Gasteiger charge is -2.27. The first kappa shape index (κ1) is 22.6. The lowest BCUT2D eigenvalue weighted by Crippen LogP contribution is -2.40. The number of alkyl halides is 3. The molecule has 0 bridgehead atoms. The molecule has 12 heteroatoms. The van der Waals surface area contributed by atoms with E-state index < -0.39 is 11.7 Å². The van der Waals surface area contributed by atoms with Crippen molar-refractivity contribution in [1.82, 2.24) is 19.9 Å². The Kier molecular flexibility index (Phi) is 6.27. The largest absolute Gasteiger partial charge is 0.495 e. The van der Waals surface area contributed by atoms with Crippen LogP contribution in [0.15, 0.2) is 24.4 Å². The molecule has 1 aliphatic heterocycles. The molecule has 2 N–H and O–H groups in total. The third-order valence-electron chi connectivity index (χ3n) is 5.08. The van der Waals surface area contributed by atoms with E-state index in [9.17, 15) is 18.0 Å². The van der Waals surface area contributed by atoms with Gasteiger partial charge in [-0.25, -0.2) is 0 Å². The smallest absolute Gasteiger partial charge is 0.418 e. The normalized spacial score (nSPS) is 14.4. The van der Waals surface area contributed by atoms with E-state index in [1.807, 2.05) is 0 Å². The minimum atomic E-state index is -4.59. The highest BCUT2D eigenvalue weighted by molar-refractivity contribution is 5.95. The summed E-state index contributed by atoms with van der Waals surface area (Å²) in [6.07, 6.45) is -3.76. The number of benzene rings is 1. The van der Waals surface area contributed by atoms with Gasteiger partial charge < -0.3 is 29.4 Å². The van der Waals surface area contributed by atoms with Crippen molar-refractivity contribution in [3.05, 3.63) is 35.5 Å². The fourth-order valence-electron chi connectivity index (χ4n) is 3.52. The highest BCUT2D eigenvalue weighted by atomic mass is 19.4. The molecule has 1 aromatic carbocycles. The molecule has 0 spiro atoms. The van der Waals surface area contributed by atoms with E-state index in [0.29, 0.717) is 43.3 Å². The van der Waals surface area contributed by atoms with E-state index in [1.165, 1.54) is 7.11 Å². The van der Waals surface area contributed by atoms with Gasteiger partial charge in [-0.3, -0.25) is 4.79 Å². The molecular weight excluding hydrogens is 443 g/mol. The molecule has 3 heterocycles. The summed E-state index contributed by atoms with van der Waals surface area (Å²) in [6.45, 7) is 3.75. The Morgan fingerprint density at radius 1 is 1.27 bits per heavy atom. The molecule has 176 valence electrons. The number of carbonyl (C=O) groups is 1. The number of aromatic nitrogens is 3. The standard InChI is InChI=1S/C21H22F3N5O4/c1-3-33-18-16-13(21(22,23)24)11-25-17(16)27-20(28-18)26-14-5-4-12(10-15(14)31-2)19(30)29-6-8-32-9-7-29/h4-5,10-11H,3,6-9H2,1-2H3,(H2,25,26,27,28). The average Bonchev–Trinajstić information content (AvgIpc) is 3.24. The summed E-state index contributed by atoms with van der Waals surface area (Å²) in [5, 5.41) is 2.69. The van der Waals surface area contributed by atoms with Crippen LogP contribution >= 0.6 is 0 Å². The summed E-state index contributed by atoms with van der Waals surface area (Å²) < 4.78 is 56.1. The van der Waals surface area contributed by atoms with Gasteiger partial charge in [-0.1, -0.05) is 0 Å². The second-order valence-electron chi connectivity index (χ2n) is 7.15.